The van der Waals surface area contributed by atoms with Crippen LogP contribution in [0.4, 0.5) is 8.78 Å². The smallest absolute Gasteiger partial charge is 0.187 e. The van der Waals surface area contributed by atoms with Crippen molar-refractivity contribution in [2.75, 3.05) is 0 Å². The molecule has 0 amide bonds. The van der Waals surface area contributed by atoms with E-state index in [9.17, 15) is 8.78 Å². The molecule has 0 spiro atoms. The molecule has 1 atom stereocenters. The van der Waals surface area contributed by atoms with Gasteiger partial charge in [-0.2, -0.15) is 0 Å². The van der Waals surface area contributed by atoms with E-state index in [1.54, 1.807) is 11.6 Å². The first kappa shape index (κ1) is 14.4. The van der Waals surface area contributed by atoms with Gasteiger partial charge in [-0.25, -0.2) is 18.4 Å². The van der Waals surface area contributed by atoms with Crippen LogP contribution in [0.2, 0.25) is 0 Å². The molecule has 106 valence electrons. The second-order valence-electron chi connectivity index (χ2n) is 4.84. The Balaban J connectivity index is 2.62. The highest BCUT2D eigenvalue weighted by atomic mass is 19.1. The maximum Gasteiger partial charge on any atom is 0.187 e. The monoisotopic (exact) mass is 277 g/mol. The van der Waals surface area contributed by atoms with Gasteiger partial charge in [-0.05, 0) is 38.0 Å². The van der Waals surface area contributed by atoms with Crippen molar-refractivity contribution in [1.82, 2.24) is 14.8 Å². The largest absolute Gasteiger partial charge is 0.243 e. The third kappa shape index (κ3) is 2.48. The van der Waals surface area contributed by atoms with Crippen molar-refractivity contribution in [2.45, 2.75) is 33.2 Å². The van der Waals surface area contributed by atoms with Crippen LogP contribution in [0.5, 0.6) is 0 Å². The molecule has 0 bridgehead atoms. The Labute approximate surface area is 117 Å². The number of allylic oxidation sites excluding steroid dienone is 1. The van der Waals surface area contributed by atoms with Crippen LogP contribution in [0.25, 0.3) is 17.0 Å². The van der Waals surface area contributed by atoms with Crippen molar-refractivity contribution in [3.63, 3.8) is 0 Å². The molecule has 3 nitrogen and oxygen atoms in total. The summed E-state index contributed by atoms with van der Waals surface area (Å²) in [7, 11) is 0. The third-order valence-corrected chi connectivity index (χ3v) is 3.21. The SMILES string of the molecule is C=C(C)c1nc(-c2c(F)cccc2F)nn1C(C)CC. The van der Waals surface area contributed by atoms with Gasteiger partial charge in [0, 0.05) is 0 Å². The number of benzene rings is 1. The Bertz CT molecular complexity index is 626. The van der Waals surface area contributed by atoms with Gasteiger partial charge in [0.2, 0.25) is 0 Å². The molecule has 0 fully saturated rings. The number of rotatable bonds is 4. The van der Waals surface area contributed by atoms with E-state index < -0.39 is 11.6 Å². The summed E-state index contributed by atoms with van der Waals surface area (Å²) < 4.78 is 29.3. The molecule has 0 saturated heterocycles. The van der Waals surface area contributed by atoms with Crippen molar-refractivity contribution < 1.29 is 8.78 Å². The molecule has 0 saturated carbocycles. The molecule has 0 aliphatic carbocycles. The summed E-state index contributed by atoms with van der Waals surface area (Å²) in [6.07, 6.45) is 0.836. The molecule has 0 N–H and O–H groups in total. The molecular weight excluding hydrogens is 260 g/mol. The first-order valence-corrected chi connectivity index (χ1v) is 6.52. The average molecular weight is 277 g/mol. The standard InChI is InChI=1S/C15H17F2N3/c1-5-10(4)20-15(9(2)3)18-14(19-20)13-11(16)7-6-8-12(13)17/h6-8,10H,2,5H2,1,3-4H3. The van der Waals surface area contributed by atoms with E-state index in [2.05, 4.69) is 16.7 Å². The van der Waals surface area contributed by atoms with E-state index in [0.717, 1.165) is 6.42 Å². The van der Waals surface area contributed by atoms with Gasteiger partial charge in [0.15, 0.2) is 11.6 Å². The molecule has 0 aliphatic heterocycles. The number of hydrogen-bond acceptors (Lipinski definition) is 2. The number of nitrogens with zero attached hydrogens (tertiary/aromatic N) is 3. The van der Waals surface area contributed by atoms with Crippen molar-refractivity contribution in [2.24, 2.45) is 0 Å². The zero-order chi connectivity index (χ0) is 14.9. The summed E-state index contributed by atoms with van der Waals surface area (Å²) in [5, 5.41) is 4.26. The highest BCUT2D eigenvalue weighted by Crippen LogP contribution is 2.26. The van der Waals surface area contributed by atoms with Crippen LogP contribution in [0.15, 0.2) is 24.8 Å². The summed E-state index contributed by atoms with van der Waals surface area (Å²) in [4.78, 5) is 4.24. The number of aromatic nitrogens is 3. The van der Waals surface area contributed by atoms with Gasteiger partial charge in [0.05, 0.1) is 11.6 Å². The Hall–Kier alpha value is -2.04. The van der Waals surface area contributed by atoms with E-state index >= 15 is 0 Å². The second kappa shape index (κ2) is 5.53. The number of halogens is 2. The van der Waals surface area contributed by atoms with Gasteiger partial charge in [0.1, 0.15) is 11.6 Å². The minimum absolute atomic E-state index is 0.0545. The predicted octanol–water partition coefficient (Wildman–Crippen LogP) is 4.23. The van der Waals surface area contributed by atoms with Crippen molar-refractivity contribution >= 4 is 5.57 Å². The lowest BCUT2D eigenvalue weighted by Gasteiger charge is -2.11. The fourth-order valence-electron chi connectivity index (χ4n) is 1.91. The first-order chi connectivity index (χ1) is 9.45. The Morgan fingerprint density at radius 1 is 1.35 bits per heavy atom. The van der Waals surface area contributed by atoms with Crippen LogP contribution in [0.3, 0.4) is 0 Å². The van der Waals surface area contributed by atoms with Crippen LogP contribution in [0.1, 0.15) is 39.1 Å². The maximum atomic E-state index is 13.8. The van der Waals surface area contributed by atoms with Gasteiger partial charge in [-0.15, -0.1) is 5.10 Å². The molecule has 0 radical (unpaired) electrons. The van der Waals surface area contributed by atoms with Crippen LogP contribution < -0.4 is 0 Å². The molecule has 1 heterocycles. The maximum absolute atomic E-state index is 13.8. The van der Waals surface area contributed by atoms with Crippen LogP contribution in [-0.4, -0.2) is 14.8 Å². The molecule has 1 unspecified atom stereocenters. The number of hydrogen-bond donors (Lipinski definition) is 0. The van der Waals surface area contributed by atoms with E-state index in [1.165, 1.54) is 18.2 Å². The quantitative estimate of drug-likeness (QED) is 0.837. The average Bonchev–Trinajstić information content (AvgIpc) is 2.82. The minimum atomic E-state index is -0.667. The minimum Gasteiger partial charge on any atom is -0.243 e. The normalized spacial score (nSPS) is 12.4. The fourth-order valence-corrected chi connectivity index (χ4v) is 1.91. The van der Waals surface area contributed by atoms with E-state index in [1.807, 2.05) is 13.8 Å². The van der Waals surface area contributed by atoms with Gasteiger partial charge < -0.3 is 0 Å². The molecule has 0 aliphatic rings. The van der Waals surface area contributed by atoms with Crippen molar-refractivity contribution in [3.05, 3.63) is 42.2 Å². The Kier molecular flexibility index (Phi) is 3.97. The summed E-state index contributed by atoms with van der Waals surface area (Å²) >= 11 is 0. The zero-order valence-corrected chi connectivity index (χ0v) is 11.8. The van der Waals surface area contributed by atoms with Crippen LogP contribution in [0, 0.1) is 11.6 Å². The van der Waals surface area contributed by atoms with Crippen molar-refractivity contribution in [3.8, 4) is 11.4 Å². The van der Waals surface area contributed by atoms with Gasteiger partial charge in [-0.1, -0.05) is 19.6 Å². The summed E-state index contributed by atoms with van der Waals surface area (Å²) in [6, 6.07) is 3.79. The topological polar surface area (TPSA) is 30.7 Å². The van der Waals surface area contributed by atoms with E-state index in [-0.39, 0.29) is 17.4 Å². The molecule has 1 aromatic carbocycles. The van der Waals surface area contributed by atoms with Crippen LogP contribution >= 0.6 is 0 Å². The van der Waals surface area contributed by atoms with E-state index in [4.69, 9.17) is 0 Å². The summed E-state index contributed by atoms with van der Waals surface area (Å²) in [5.74, 6) is -0.727. The molecule has 2 rings (SSSR count). The predicted molar refractivity (Wildman–Crippen MR) is 75.1 cm³/mol. The zero-order valence-electron chi connectivity index (χ0n) is 11.8. The van der Waals surface area contributed by atoms with Crippen molar-refractivity contribution in [1.29, 1.82) is 0 Å². The first-order valence-electron chi connectivity index (χ1n) is 6.52. The molecule has 5 heteroatoms. The van der Waals surface area contributed by atoms with Gasteiger partial charge in [-0.3, -0.25) is 0 Å². The summed E-state index contributed by atoms with van der Waals surface area (Å²) in [5.41, 5.74) is 0.512. The summed E-state index contributed by atoms with van der Waals surface area (Å²) in [6.45, 7) is 9.63. The highest BCUT2D eigenvalue weighted by molar-refractivity contribution is 5.61. The second-order valence-corrected chi connectivity index (χ2v) is 4.84. The molecule has 1 aromatic heterocycles. The third-order valence-electron chi connectivity index (χ3n) is 3.21. The Morgan fingerprint density at radius 3 is 2.45 bits per heavy atom. The fraction of sp³-hybridized carbons (Fsp3) is 0.333. The molecule has 20 heavy (non-hydrogen) atoms. The van der Waals surface area contributed by atoms with Gasteiger partial charge in [0.25, 0.3) is 0 Å². The van der Waals surface area contributed by atoms with Crippen LogP contribution in [-0.2, 0) is 0 Å². The lowest BCUT2D eigenvalue weighted by molar-refractivity contribution is 0.472. The lowest BCUT2D eigenvalue weighted by atomic mass is 10.2. The lowest BCUT2D eigenvalue weighted by Crippen LogP contribution is -2.09. The van der Waals surface area contributed by atoms with Gasteiger partial charge >= 0.3 is 0 Å². The Morgan fingerprint density at radius 2 is 1.95 bits per heavy atom. The highest BCUT2D eigenvalue weighted by Gasteiger charge is 2.20. The van der Waals surface area contributed by atoms with E-state index in [0.29, 0.717) is 11.4 Å². The molecule has 2 aromatic rings. The molecular formula is C15H17F2N3.